The summed E-state index contributed by atoms with van der Waals surface area (Å²) in [4.78, 5) is 23.5. The summed E-state index contributed by atoms with van der Waals surface area (Å²) in [5.74, 6) is 0.0122. The van der Waals surface area contributed by atoms with E-state index in [1.807, 2.05) is 6.92 Å². The van der Waals surface area contributed by atoms with Gasteiger partial charge in [0.05, 0.1) is 0 Å². The highest BCUT2D eigenvalue weighted by Gasteiger charge is 2.26. The van der Waals surface area contributed by atoms with Crippen molar-refractivity contribution in [1.82, 2.24) is 5.32 Å². The lowest BCUT2D eigenvalue weighted by Gasteiger charge is -2.31. The van der Waals surface area contributed by atoms with Crippen LogP contribution in [0.1, 0.15) is 56.0 Å². The molecular formula is C18H28N2O3. The number of ketones is 1. The molecule has 0 radical (unpaired) electrons. The molecule has 23 heavy (non-hydrogen) atoms. The van der Waals surface area contributed by atoms with E-state index in [9.17, 15) is 14.7 Å². The first-order valence-electron chi connectivity index (χ1n) is 8.14. The highest BCUT2D eigenvalue weighted by molar-refractivity contribution is 5.96. The average molecular weight is 320 g/mol. The molecule has 0 fully saturated rings. The fourth-order valence-corrected chi connectivity index (χ4v) is 2.76. The Kier molecular flexibility index (Phi) is 7.23. The number of carbonyl (C=O) groups is 2. The summed E-state index contributed by atoms with van der Waals surface area (Å²) in [6.45, 7) is 8.16. The van der Waals surface area contributed by atoms with Gasteiger partial charge < -0.3 is 15.7 Å². The smallest absolute Gasteiger partial charge is 0.319 e. The van der Waals surface area contributed by atoms with Crippen LogP contribution >= 0.6 is 0 Å². The fourth-order valence-electron chi connectivity index (χ4n) is 2.76. The van der Waals surface area contributed by atoms with Crippen LogP contribution in [0.25, 0.3) is 0 Å². The first-order valence-corrected chi connectivity index (χ1v) is 8.14. The Hall–Kier alpha value is -1.88. The van der Waals surface area contributed by atoms with Crippen molar-refractivity contribution in [3.8, 4) is 0 Å². The van der Waals surface area contributed by atoms with Crippen molar-refractivity contribution < 1.29 is 14.7 Å². The quantitative estimate of drug-likeness (QED) is 0.641. The summed E-state index contributed by atoms with van der Waals surface area (Å²) >= 11 is 0. The minimum absolute atomic E-state index is 0.0122. The van der Waals surface area contributed by atoms with Gasteiger partial charge in [-0.05, 0) is 62.3 Å². The molecule has 0 aromatic heterocycles. The molecule has 2 amide bonds. The summed E-state index contributed by atoms with van der Waals surface area (Å²) in [5, 5.41) is 14.9. The van der Waals surface area contributed by atoms with Crippen LogP contribution in [0.15, 0.2) is 18.2 Å². The number of carbonyl (C=O) groups excluding carboxylic acids is 2. The Morgan fingerprint density at radius 2 is 1.87 bits per heavy atom. The number of nitrogens with one attached hydrogen (secondary N) is 2. The second kappa shape index (κ2) is 8.67. The number of benzene rings is 1. The molecule has 0 atom stereocenters. The number of amides is 2. The zero-order valence-corrected chi connectivity index (χ0v) is 14.5. The van der Waals surface area contributed by atoms with Crippen molar-refractivity contribution in [2.45, 2.75) is 47.0 Å². The Morgan fingerprint density at radius 1 is 1.22 bits per heavy atom. The second-order valence-corrected chi connectivity index (χ2v) is 6.07. The first kappa shape index (κ1) is 19.2. The minimum atomic E-state index is -0.274. The van der Waals surface area contributed by atoms with Gasteiger partial charge in [-0.3, -0.25) is 4.79 Å². The van der Waals surface area contributed by atoms with Gasteiger partial charge in [0.1, 0.15) is 0 Å². The molecule has 5 nitrogen and oxygen atoms in total. The maximum Gasteiger partial charge on any atom is 0.319 e. The van der Waals surface area contributed by atoms with Crippen LogP contribution in [0.5, 0.6) is 0 Å². The van der Waals surface area contributed by atoms with Gasteiger partial charge in [0.15, 0.2) is 5.78 Å². The molecular weight excluding hydrogens is 292 g/mol. The van der Waals surface area contributed by atoms with E-state index in [2.05, 4.69) is 24.5 Å². The molecule has 5 heteroatoms. The maximum atomic E-state index is 12.1. The topological polar surface area (TPSA) is 78.4 Å². The third kappa shape index (κ3) is 5.36. The number of urea groups is 1. The van der Waals surface area contributed by atoms with Gasteiger partial charge >= 0.3 is 6.03 Å². The number of aliphatic hydroxyl groups excluding tert-OH is 1. The van der Waals surface area contributed by atoms with Gasteiger partial charge in [-0.15, -0.1) is 0 Å². The zero-order chi connectivity index (χ0) is 17.5. The van der Waals surface area contributed by atoms with Gasteiger partial charge in [-0.25, -0.2) is 4.79 Å². The molecule has 0 spiro atoms. The standard InChI is InChI=1S/C18H28N2O3/c1-5-18(6-2,9-10-21)12-19-17(23)20-15-7-8-16(14(4)22)13(3)11-15/h7-8,11,21H,5-6,9-10,12H2,1-4H3,(H2,19,20,23). The van der Waals surface area contributed by atoms with E-state index in [1.54, 1.807) is 18.2 Å². The summed E-state index contributed by atoms with van der Waals surface area (Å²) < 4.78 is 0. The van der Waals surface area contributed by atoms with Crippen LogP contribution in [0, 0.1) is 12.3 Å². The third-order valence-corrected chi connectivity index (χ3v) is 4.63. The second-order valence-electron chi connectivity index (χ2n) is 6.07. The lowest BCUT2D eigenvalue weighted by atomic mass is 9.79. The van der Waals surface area contributed by atoms with E-state index in [-0.39, 0.29) is 23.8 Å². The number of hydrogen-bond donors (Lipinski definition) is 3. The number of rotatable bonds is 8. The molecule has 0 saturated heterocycles. The minimum Gasteiger partial charge on any atom is -0.396 e. The Bertz CT molecular complexity index is 551. The van der Waals surface area contributed by atoms with E-state index in [4.69, 9.17) is 0 Å². The molecule has 3 N–H and O–H groups in total. The van der Waals surface area contributed by atoms with Gasteiger partial charge in [-0.2, -0.15) is 0 Å². The Morgan fingerprint density at radius 3 is 2.35 bits per heavy atom. The van der Waals surface area contributed by atoms with Gasteiger partial charge in [0.25, 0.3) is 0 Å². The molecule has 128 valence electrons. The molecule has 0 bridgehead atoms. The number of hydrogen-bond acceptors (Lipinski definition) is 3. The Balaban J connectivity index is 2.66. The molecule has 0 saturated carbocycles. The summed E-state index contributed by atoms with van der Waals surface area (Å²) in [5.41, 5.74) is 2.09. The lowest BCUT2D eigenvalue weighted by Crippen LogP contribution is -2.39. The predicted molar refractivity (Wildman–Crippen MR) is 92.9 cm³/mol. The van der Waals surface area contributed by atoms with Crippen molar-refractivity contribution in [3.63, 3.8) is 0 Å². The molecule has 1 rings (SSSR count). The average Bonchev–Trinajstić information content (AvgIpc) is 2.51. The summed E-state index contributed by atoms with van der Waals surface area (Å²) in [6.07, 6.45) is 2.47. The highest BCUT2D eigenvalue weighted by atomic mass is 16.3. The maximum absolute atomic E-state index is 12.1. The predicted octanol–water partition coefficient (Wildman–Crippen LogP) is 3.51. The van der Waals surface area contributed by atoms with Crippen molar-refractivity contribution in [2.75, 3.05) is 18.5 Å². The van der Waals surface area contributed by atoms with Crippen LogP contribution in [0.4, 0.5) is 10.5 Å². The lowest BCUT2D eigenvalue weighted by molar-refractivity contribution is 0.101. The van der Waals surface area contributed by atoms with Crippen molar-refractivity contribution in [1.29, 1.82) is 0 Å². The molecule has 0 aliphatic rings. The van der Waals surface area contributed by atoms with Gasteiger partial charge in [0.2, 0.25) is 0 Å². The SMILES string of the molecule is CCC(CC)(CCO)CNC(=O)Nc1ccc(C(C)=O)c(C)c1. The van der Waals surface area contributed by atoms with Gasteiger partial charge in [0, 0.05) is 24.4 Å². The molecule has 0 aliphatic heterocycles. The van der Waals surface area contributed by atoms with Crippen LogP contribution in [0.2, 0.25) is 0 Å². The van der Waals surface area contributed by atoms with Crippen LogP contribution in [-0.4, -0.2) is 30.1 Å². The molecule has 0 unspecified atom stereocenters. The monoisotopic (exact) mass is 320 g/mol. The summed E-state index contributed by atoms with van der Waals surface area (Å²) in [7, 11) is 0. The van der Waals surface area contributed by atoms with Crippen molar-refractivity contribution in [3.05, 3.63) is 29.3 Å². The highest BCUT2D eigenvalue weighted by Crippen LogP contribution is 2.29. The Labute approximate surface area is 138 Å². The number of aryl methyl sites for hydroxylation is 1. The third-order valence-electron chi connectivity index (χ3n) is 4.63. The molecule has 1 aromatic rings. The van der Waals surface area contributed by atoms with Crippen LogP contribution in [-0.2, 0) is 0 Å². The largest absolute Gasteiger partial charge is 0.396 e. The number of aliphatic hydroxyl groups is 1. The van der Waals surface area contributed by atoms with Crippen LogP contribution in [0.3, 0.4) is 0 Å². The van der Waals surface area contributed by atoms with E-state index in [0.29, 0.717) is 24.2 Å². The van der Waals surface area contributed by atoms with E-state index < -0.39 is 0 Å². The first-order chi connectivity index (χ1) is 10.9. The van der Waals surface area contributed by atoms with Crippen molar-refractivity contribution in [2.24, 2.45) is 5.41 Å². The van der Waals surface area contributed by atoms with E-state index in [0.717, 1.165) is 18.4 Å². The number of anilines is 1. The van der Waals surface area contributed by atoms with E-state index >= 15 is 0 Å². The fraction of sp³-hybridized carbons (Fsp3) is 0.556. The summed E-state index contributed by atoms with van der Waals surface area (Å²) in [6, 6.07) is 4.96. The van der Waals surface area contributed by atoms with Gasteiger partial charge in [-0.1, -0.05) is 13.8 Å². The molecule has 1 aromatic carbocycles. The van der Waals surface area contributed by atoms with Crippen LogP contribution < -0.4 is 10.6 Å². The number of Topliss-reactive ketones (excluding diaryl/α,β-unsaturated/α-hetero) is 1. The van der Waals surface area contributed by atoms with E-state index in [1.165, 1.54) is 6.92 Å². The normalized spacial score (nSPS) is 11.2. The molecule has 0 heterocycles. The zero-order valence-electron chi connectivity index (χ0n) is 14.5. The molecule has 0 aliphatic carbocycles. The van der Waals surface area contributed by atoms with Crippen molar-refractivity contribution >= 4 is 17.5 Å².